The molecule has 0 spiro atoms. The first-order chi connectivity index (χ1) is 8.90. The lowest BCUT2D eigenvalue weighted by molar-refractivity contribution is -0.137. The molecule has 0 aliphatic heterocycles. The van der Waals surface area contributed by atoms with Gasteiger partial charge in [0.1, 0.15) is 0 Å². The average Bonchev–Trinajstić information content (AvgIpc) is 2.37. The Hall–Kier alpha value is -1.45. The molecule has 0 aromatic heterocycles. The topological polar surface area (TPSA) is 37.3 Å². The minimum absolute atomic E-state index is 0.00746. The number of carbonyl (C=O) groups is 1. The van der Waals surface area contributed by atoms with Gasteiger partial charge < -0.3 is 5.11 Å². The maximum atomic E-state index is 14.0. The fraction of sp³-hybridized carbons (Fsp3) is 0.533. The van der Waals surface area contributed by atoms with Crippen molar-refractivity contribution in [1.29, 1.82) is 0 Å². The van der Waals surface area contributed by atoms with Crippen LogP contribution in [0.25, 0.3) is 0 Å². The molecule has 0 aliphatic rings. The van der Waals surface area contributed by atoms with Gasteiger partial charge >= 0.3 is 5.97 Å². The number of benzene rings is 1. The smallest absolute Gasteiger partial charge is 0.303 e. The monoisotopic (exact) mass is 270 g/mol. The van der Waals surface area contributed by atoms with Gasteiger partial charge in [-0.05, 0) is 36.5 Å². The van der Waals surface area contributed by atoms with E-state index in [1.54, 1.807) is 12.1 Å². The second kappa shape index (κ2) is 6.64. The van der Waals surface area contributed by atoms with Crippen LogP contribution in [-0.2, 0) is 23.6 Å². The summed E-state index contributed by atoms with van der Waals surface area (Å²) in [6.07, 6.45) is 0.896. The Morgan fingerprint density at radius 3 is 2.37 bits per heavy atom. The van der Waals surface area contributed by atoms with Gasteiger partial charge in [0.15, 0.2) is 0 Å². The molecule has 0 atom stereocenters. The van der Waals surface area contributed by atoms with E-state index >= 15 is 0 Å². The summed E-state index contributed by atoms with van der Waals surface area (Å²) in [6, 6.07) is 4.76. The van der Waals surface area contributed by atoms with Crippen molar-refractivity contribution in [3.8, 4) is 0 Å². The zero-order valence-electron chi connectivity index (χ0n) is 11.4. The van der Waals surface area contributed by atoms with E-state index in [1.165, 1.54) is 6.07 Å². The van der Waals surface area contributed by atoms with Crippen molar-refractivity contribution in [2.45, 2.75) is 51.9 Å². The highest BCUT2D eigenvalue weighted by Crippen LogP contribution is 2.34. The van der Waals surface area contributed by atoms with Crippen LogP contribution < -0.4 is 0 Å². The maximum absolute atomic E-state index is 14.0. The lowest BCUT2D eigenvalue weighted by Crippen LogP contribution is -2.14. The fourth-order valence-corrected chi connectivity index (χ4v) is 2.13. The Labute approximate surface area is 112 Å². The molecule has 1 aromatic rings. The van der Waals surface area contributed by atoms with Crippen LogP contribution in [0.5, 0.6) is 0 Å². The first kappa shape index (κ1) is 15.6. The second-order valence-electron chi connectivity index (χ2n) is 4.64. The van der Waals surface area contributed by atoms with E-state index in [2.05, 4.69) is 0 Å². The third kappa shape index (κ3) is 4.30. The van der Waals surface area contributed by atoms with Gasteiger partial charge in [0.05, 0.1) is 0 Å². The zero-order valence-corrected chi connectivity index (χ0v) is 11.4. The van der Waals surface area contributed by atoms with Gasteiger partial charge in [0, 0.05) is 18.4 Å². The number of rotatable bonds is 7. The Morgan fingerprint density at radius 1 is 1.21 bits per heavy atom. The summed E-state index contributed by atoms with van der Waals surface area (Å²) in [6.45, 7) is 3.94. The van der Waals surface area contributed by atoms with Gasteiger partial charge in [-0.25, -0.2) is 8.78 Å². The highest BCUT2D eigenvalue weighted by molar-refractivity contribution is 5.66. The minimum atomic E-state index is -2.95. The number of carboxylic acids is 1. The second-order valence-corrected chi connectivity index (χ2v) is 4.64. The molecule has 0 saturated heterocycles. The summed E-state index contributed by atoms with van der Waals surface area (Å²) >= 11 is 0. The van der Waals surface area contributed by atoms with E-state index in [1.807, 2.05) is 13.8 Å². The van der Waals surface area contributed by atoms with Crippen molar-refractivity contribution in [3.05, 3.63) is 34.9 Å². The first-order valence-corrected chi connectivity index (χ1v) is 6.62. The summed E-state index contributed by atoms with van der Waals surface area (Å²) in [5.41, 5.74) is 2.03. The molecule has 0 radical (unpaired) electrons. The van der Waals surface area contributed by atoms with Crippen molar-refractivity contribution >= 4 is 5.97 Å². The largest absolute Gasteiger partial charge is 0.481 e. The Kier molecular flexibility index (Phi) is 5.45. The molecule has 4 heteroatoms. The molecule has 106 valence electrons. The summed E-state index contributed by atoms with van der Waals surface area (Å²) in [5.74, 6) is -3.99. The van der Waals surface area contributed by atoms with E-state index in [4.69, 9.17) is 5.11 Å². The molecular weight excluding hydrogens is 250 g/mol. The van der Waals surface area contributed by atoms with E-state index in [0.29, 0.717) is 0 Å². The lowest BCUT2D eigenvalue weighted by atomic mass is 9.95. The quantitative estimate of drug-likeness (QED) is 0.807. The Balaban J connectivity index is 2.85. The SMILES string of the molecule is CCc1ccc(C(F)(F)CCCC(=O)O)cc1CC. The Morgan fingerprint density at radius 2 is 1.84 bits per heavy atom. The molecule has 0 aliphatic carbocycles. The molecular formula is C15H20F2O2. The highest BCUT2D eigenvalue weighted by Gasteiger charge is 2.31. The highest BCUT2D eigenvalue weighted by atomic mass is 19.3. The molecule has 1 N–H and O–H groups in total. The van der Waals surface area contributed by atoms with Gasteiger partial charge in [-0.1, -0.05) is 26.0 Å². The number of hydrogen-bond acceptors (Lipinski definition) is 1. The molecule has 0 saturated carbocycles. The molecule has 0 heterocycles. The maximum Gasteiger partial charge on any atom is 0.303 e. The van der Waals surface area contributed by atoms with Crippen molar-refractivity contribution < 1.29 is 18.7 Å². The fourth-order valence-electron chi connectivity index (χ4n) is 2.13. The third-order valence-electron chi connectivity index (χ3n) is 3.27. The van der Waals surface area contributed by atoms with E-state index < -0.39 is 18.3 Å². The van der Waals surface area contributed by atoms with Gasteiger partial charge in [0.25, 0.3) is 5.92 Å². The summed E-state index contributed by atoms with van der Waals surface area (Å²) in [5, 5.41) is 8.49. The number of halogens is 2. The summed E-state index contributed by atoms with van der Waals surface area (Å²) in [4.78, 5) is 10.4. The van der Waals surface area contributed by atoms with E-state index in [0.717, 1.165) is 24.0 Å². The van der Waals surface area contributed by atoms with Crippen LogP contribution in [0.4, 0.5) is 8.78 Å². The number of carboxylic acid groups (broad SMARTS) is 1. The molecule has 1 aromatic carbocycles. The van der Waals surface area contributed by atoms with Crippen LogP contribution in [0.3, 0.4) is 0 Å². The van der Waals surface area contributed by atoms with Gasteiger partial charge in [-0.15, -0.1) is 0 Å². The van der Waals surface area contributed by atoms with Crippen LogP contribution in [0, 0.1) is 0 Å². The number of alkyl halides is 2. The van der Waals surface area contributed by atoms with Crippen LogP contribution in [0.2, 0.25) is 0 Å². The zero-order chi connectivity index (χ0) is 14.5. The van der Waals surface area contributed by atoms with Crippen LogP contribution in [0.15, 0.2) is 18.2 Å². The number of aliphatic carboxylic acids is 1. The van der Waals surface area contributed by atoms with Crippen LogP contribution in [0.1, 0.15) is 49.8 Å². The predicted octanol–water partition coefficient (Wildman–Crippen LogP) is 4.16. The molecule has 0 bridgehead atoms. The first-order valence-electron chi connectivity index (χ1n) is 6.62. The van der Waals surface area contributed by atoms with Crippen LogP contribution in [-0.4, -0.2) is 11.1 Å². The lowest BCUT2D eigenvalue weighted by Gasteiger charge is -2.18. The minimum Gasteiger partial charge on any atom is -0.481 e. The van der Waals surface area contributed by atoms with Crippen LogP contribution >= 0.6 is 0 Å². The molecule has 19 heavy (non-hydrogen) atoms. The predicted molar refractivity (Wildman–Crippen MR) is 70.6 cm³/mol. The van der Waals surface area contributed by atoms with Crippen molar-refractivity contribution in [3.63, 3.8) is 0 Å². The van der Waals surface area contributed by atoms with E-state index in [9.17, 15) is 13.6 Å². The summed E-state index contributed by atoms with van der Waals surface area (Å²) in [7, 11) is 0. The third-order valence-corrected chi connectivity index (χ3v) is 3.27. The molecule has 0 amide bonds. The van der Waals surface area contributed by atoms with Gasteiger partial charge in [-0.2, -0.15) is 0 Å². The number of hydrogen-bond donors (Lipinski definition) is 1. The Bertz CT molecular complexity index is 442. The van der Waals surface area contributed by atoms with E-state index in [-0.39, 0.29) is 18.4 Å². The van der Waals surface area contributed by atoms with Crippen molar-refractivity contribution in [2.75, 3.05) is 0 Å². The van der Waals surface area contributed by atoms with Crippen molar-refractivity contribution in [2.24, 2.45) is 0 Å². The molecule has 0 fully saturated rings. The average molecular weight is 270 g/mol. The van der Waals surface area contributed by atoms with Gasteiger partial charge in [0.2, 0.25) is 0 Å². The molecule has 1 rings (SSSR count). The molecule has 2 nitrogen and oxygen atoms in total. The van der Waals surface area contributed by atoms with Crippen molar-refractivity contribution in [1.82, 2.24) is 0 Å². The standard InChI is InChI=1S/C15H20F2O2/c1-3-11-7-8-13(10-12(11)4-2)15(16,17)9-5-6-14(18)19/h7-8,10H,3-6,9H2,1-2H3,(H,18,19). The molecule has 0 unspecified atom stereocenters. The van der Waals surface area contributed by atoms with Gasteiger partial charge in [-0.3, -0.25) is 4.79 Å². The number of aryl methyl sites for hydroxylation is 2. The normalized spacial score (nSPS) is 11.6. The summed E-state index contributed by atoms with van der Waals surface area (Å²) < 4.78 is 27.9.